The Bertz CT molecular complexity index is 1560. The van der Waals surface area contributed by atoms with E-state index in [1.165, 1.54) is 0 Å². The maximum Gasteiger partial charge on any atom is 0.263 e. The van der Waals surface area contributed by atoms with Crippen LogP contribution in [0.1, 0.15) is 43.2 Å². The van der Waals surface area contributed by atoms with Crippen molar-refractivity contribution in [3.63, 3.8) is 0 Å². The Morgan fingerprint density at radius 3 is 2.82 bits per heavy atom. The molecule has 4 bridgehead atoms. The first kappa shape index (κ1) is 24.0. The van der Waals surface area contributed by atoms with Gasteiger partial charge in [0, 0.05) is 37.6 Å². The summed E-state index contributed by atoms with van der Waals surface area (Å²) in [6.07, 6.45) is 9.05. The topological polar surface area (TPSA) is 83.6 Å². The molecule has 9 nitrogen and oxygen atoms in total. The summed E-state index contributed by atoms with van der Waals surface area (Å²) in [5.74, 6) is 1.35. The zero-order valence-electron chi connectivity index (χ0n) is 22.0. The van der Waals surface area contributed by atoms with E-state index in [0.29, 0.717) is 37.7 Å². The van der Waals surface area contributed by atoms with Crippen molar-refractivity contribution in [3.05, 3.63) is 59.9 Å². The van der Waals surface area contributed by atoms with Gasteiger partial charge in [0.2, 0.25) is 5.88 Å². The second-order valence-corrected chi connectivity index (χ2v) is 10.3. The highest BCUT2D eigenvalue weighted by atomic mass is 16.5. The van der Waals surface area contributed by atoms with E-state index in [1.54, 1.807) is 4.68 Å². The molecule has 2 saturated heterocycles. The minimum absolute atomic E-state index is 0.00786. The lowest BCUT2D eigenvalue weighted by molar-refractivity contribution is -0.133. The van der Waals surface area contributed by atoms with Crippen LogP contribution in [0.15, 0.2) is 48.7 Å². The number of ether oxygens (including phenoxy) is 3. The molecule has 1 unspecified atom stereocenters. The molecule has 0 aliphatic carbocycles. The van der Waals surface area contributed by atoms with Crippen molar-refractivity contribution in [1.29, 1.82) is 0 Å². The van der Waals surface area contributed by atoms with Gasteiger partial charge in [-0.15, -0.1) is 0 Å². The molecule has 9 heteroatoms. The smallest absolute Gasteiger partial charge is 0.263 e. The van der Waals surface area contributed by atoms with E-state index < -0.39 is 6.10 Å². The molecule has 4 aromatic rings. The third-order valence-electron chi connectivity index (χ3n) is 7.82. The molecule has 2 aromatic carbocycles. The van der Waals surface area contributed by atoms with Gasteiger partial charge in [-0.05, 0) is 55.2 Å². The summed E-state index contributed by atoms with van der Waals surface area (Å²) < 4.78 is 22.3. The molecule has 2 atom stereocenters. The van der Waals surface area contributed by atoms with Crippen LogP contribution in [0, 0.1) is 0 Å². The van der Waals surface area contributed by atoms with Gasteiger partial charge in [0.15, 0.2) is 12.3 Å². The lowest BCUT2D eigenvalue weighted by atomic mass is 10.0. The SMILES string of the molecule is Cn1ncc2c1OCCN1CC[C@@H](Oc3ccccc3C=Cc3nn(C4CCCCO4)c4ccc-2cc34)C1=O. The average Bonchev–Trinajstić information content (AvgIpc) is 3.63. The fourth-order valence-electron chi connectivity index (χ4n) is 5.73. The van der Waals surface area contributed by atoms with Gasteiger partial charge < -0.3 is 19.1 Å². The van der Waals surface area contributed by atoms with Gasteiger partial charge in [-0.3, -0.25) is 4.79 Å². The van der Waals surface area contributed by atoms with Crippen LogP contribution in [0.25, 0.3) is 34.2 Å². The zero-order valence-corrected chi connectivity index (χ0v) is 22.0. The molecule has 1 amide bonds. The number of hydrogen-bond acceptors (Lipinski definition) is 6. The van der Waals surface area contributed by atoms with E-state index in [-0.39, 0.29) is 12.1 Å². The number of rotatable bonds is 1. The number of carbonyl (C=O) groups excluding carboxylic acids is 1. The molecular formula is C30H31N5O4. The number of para-hydroxylation sites is 1. The van der Waals surface area contributed by atoms with Crippen molar-refractivity contribution in [2.24, 2.45) is 7.05 Å². The maximum absolute atomic E-state index is 13.1. The number of fused-ring (bicyclic) bond motifs is 6. The van der Waals surface area contributed by atoms with Gasteiger partial charge in [-0.2, -0.15) is 10.2 Å². The molecule has 3 aliphatic rings. The van der Waals surface area contributed by atoms with Crippen LogP contribution >= 0.6 is 0 Å². The Morgan fingerprint density at radius 2 is 1.92 bits per heavy atom. The fourth-order valence-corrected chi connectivity index (χ4v) is 5.73. The molecule has 0 radical (unpaired) electrons. The molecular weight excluding hydrogens is 494 g/mol. The quantitative estimate of drug-likeness (QED) is 0.359. The summed E-state index contributed by atoms with van der Waals surface area (Å²) in [4.78, 5) is 14.9. The van der Waals surface area contributed by atoms with Crippen molar-refractivity contribution < 1.29 is 19.0 Å². The lowest BCUT2D eigenvalue weighted by Crippen LogP contribution is -2.35. The molecule has 0 N–H and O–H groups in total. The molecule has 0 saturated carbocycles. The Balaban J connectivity index is 1.38. The Kier molecular flexibility index (Phi) is 6.08. The molecule has 39 heavy (non-hydrogen) atoms. The summed E-state index contributed by atoms with van der Waals surface area (Å²) >= 11 is 0. The summed E-state index contributed by atoms with van der Waals surface area (Å²) in [5, 5.41) is 10.5. The predicted octanol–water partition coefficient (Wildman–Crippen LogP) is 4.68. The van der Waals surface area contributed by atoms with Crippen LogP contribution in [0.3, 0.4) is 0 Å². The second kappa shape index (κ2) is 9.89. The second-order valence-electron chi connectivity index (χ2n) is 10.3. The summed E-state index contributed by atoms with van der Waals surface area (Å²) in [6.45, 7) is 2.24. The zero-order chi connectivity index (χ0) is 26.3. The number of hydrogen-bond donors (Lipinski definition) is 0. The fraction of sp³-hybridized carbons (Fsp3) is 0.367. The minimum atomic E-state index is -0.508. The first-order chi connectivity index (χ1) is 19.2. The Morgan fingerprint density at radius 1 is 1.00 bits per heavy atom. The largest absolute Gasteiger partial charge is 0.480 e. The first-order valence-electron chi connectivity index (χ1n) is 13.7. The van der Waals surface area contributed by atoms with Gasteiger partial charge in [-0.25, -0.2) is 9.36 Å². The highest BCUT2D eigenvalue weighted by molar-refractivity contribution is 5.93. The first-order valence-corrected chi connectivity index (χ1v) is 13.7. The molecule has 2 aromatic heterocycles. The third-order valence-corrected chi connectivity index (χ3v) is 7.82. The van der Waals surface area contributed by atoms with Crippen LogP contribution in [-0.2, 0) is 16.6 Å². The van der Waals surface area contributed by atoms with E-state index in [9.17, 15) is 4.79 Å². The van der Waals surface area contributed by atoms with Crippen LogP contribution in [0.4, 0.5) is 0 Å². The van der Waals surface area contributed by atoms with E-state index in [0.717, 1.165) is 59.2 Å². The Labute approximate surface area is 226 Å². The third kappa shape index (κ3) is 4.36. The van der Waals surface area contributed by atoms with E-state index in [4.69, 9.17) is 19.3 Å². The summed E-state index contributed by atoms with van der Waals surface area (Å²) in [7, 11) is 1.87. The maximum atomic E-state index is 13.1. The van der Waals surface area contributed by atoms with Crippen LogP contribution in [-0.4, -0.2) is 62.8 Å². The molecule has 7 rings (SSSR count). The number of aryl methyl sites for hydroxylation is 1. The number of aromatic nitrogens is 4. The van der Waals surface area contributed by atoms with Crippen molar-refractivity contribution in [2.45, 2.75) is 38.0 Å². The standard InChI is InChI=1S/C30H31N5O4/c1-33-30-23(19-31-33)21-10-12-25-22(18-21)24(32-35(25)28-8-4-5-16-37-28)11-9-20-6-2-3-7-26(20)39-27-13-14-34(29(27)36)15-17-38-30/h2-3,6-7,9-12,18-19,27-28H,4-5,8,13-17H2,1H3/t27-,28?/m1/s1. The lowest BCUT2D eigenvalue weighted by Gasteiger charge is -2.23. The van der Waals surface area contributed by atoms with Gasteiger partial charge >= 0.3 is 0 Å². The average molecular weight is 526 g/mol. The minimum Gasteiger partial charge on any atom is -0.480 e. The van der Waals surface area contributed by atoms with Gasteiger partial charge in [0.05, 0.1) is 29.5 Å². The molecule has 3 aliphatic heterocycles. The Hall–Kier alpha value is -4.11. The highest BCUT2D eigenvalue weighted by Crippen LogP contribution is 2.36. The number of carbonyl (C=O) groups is 1. The van der Waals surface area contributed by atoms with Crippen LogP contribution in [0.2, 0.25) is 0 Å². The number of amides is 1. The highest BCUT2D eigenvalue weighted by Gasteiger charge is 2.33. The molecule has 5 heterocycles. The molecule has 200 valence electrons. The van der Waals surface area contributed by atoms with E-state index in [1.807, 2.05) is 59.2 Å². The van der Waals surface area contributed by atoms with Crippen molar-refractivity contribution in [1.82, 2.24) is 24.5 Å². The van der Waals surface area contributed by atoms with E-state index >= 15 is 0 Å². The van der Waals surface area contributed by atoms with Crippen molar-refractivity contribution in [2.75, 3.05) is 26.3 Å². The number of nitrogens with zero attached hydrogens (tertiary/aromatic N) is 5. The summed E-state index contributed by atoms with van der Waals surface area (Å²) in [6, 6.07) is 14.2. The summed E-state index contributed by atoms with van der Waals surface area (Å²) in [5.41, 5.74) is 4.66. The predicted molar refractivity (Wildman–Crippen MR) is 147 cm³/mol. The van der Waals surface area contributed by atoms with Crippen LogP contribution in [0.5, 0.6) is 11.6 Å². The monoisotopic (exact) mass is 525 g/mol. The molecule has 0 spiro atoms. The molecule has 2 fully saturated rings. The van der Waals surface area contributed by atoms with Crippen molar-refractivity contribution >= 4 is 29.0 Å². The van der Waals surface area contributed by atoms with Crippen LogP contribution < -0.4 is 9.47 Å². The van der Waals surface area contributed by atoms with E-state index in [2.05, 4.69) is 23.3 Å². The van der Waals surface area contributed by atoms with Crippen molar-refractivity contribution in [3.8, 4) is 22.8 Å². The van der Waals surface area contributed by atoms with Gasteiger partial charge in [0.1, 0.15) is 12.4 Å². The number of benzene rings is 2. The normalized spacial score (nSPS) is 21.4. The van der Waals surface area contributed by atoms with Gasteiger partial charge in [-0.1, -0.05) is 24.3 Å². The van der Waals surface area contributed by atoms with Gasteiger partial charge in [0.25, 0.3) is 5.91 Å².